The van der Waals surface area contributed by atoms with E-state index in [2.05, 4.69) is 15.3 Å². The molecule has 2 aromatic heterocycles. The van der Waals surface area contributed by atoms with Gasteiger partial charge in [0, 0.05) is 38.3 Å². The van der Waals surface area contributed by atoms with Crippen molar-refractivity contribution in [1.29, 1.82) is 0 Å². The van der Waals surface area contributed by atoms with Crippen molar-refractivity contribution in [3.63, 3.8) is 0 Å². The molecule has 0 fully saturated rings. The van der Waals surface area contributed by atoms with Gasteiger partial charge in [-0.15, -0.1) is 0 Å². The fourth-order valence-electron chi connectivity index (χ4n) is 2.93. The van der Waals surface area contributed by atoms with Gasteiger partial charge in [-0.3, -0.25) is 0 Å². The van der Waals surface area contributed by atoms with E-state index in [9.17, 15) is 8.78 Å². The Bertz CT molecular complexity index is 894. The molecule has 3 heterocycles. The molecule has 3 aromatic rings. The number of para-hydroxylation sites is 1. The molecule has 4 rings (SSSR count). The minimum absolute atomic E-state index is 0.329. The van der Waals surface area contributed by atoms with Crippen LogP contribution < -0.4 is 5.32 Å². The Hall–Kier alpha value is -2.09. The summed E-state index contributed by atoms with van der Waals surface area (Å²) in [5, 5.41) is 3.23. The van der Waals surface area contributed by atoms with Gasteiger partial charge in [-0.05, 0) is 46.4 Å². The molecule has 0 amide bonds. The van der Waals surface area contributed by atoms with Crippen LogP contribution in [0.1, 0.15) is 17.2 Å². The Balaban J connectivity index is 2.02. The summed E-state index contributed by atoms with van der Waals surface area (Å²) in [5.41, 5.74) is 3.09. The summed E-state index contributed by atoms with van der Waals surface area (Å²) < 4.78 is 29.5. The molecular formula is C17H10F2IN3. The standard InChI is InChI=1S/C17H10F2IN3/c18-16-13-10(5-7-21-16)9-3-1-2-4-12(9)23-15(13)14-11(20)6-8-22-17(14)19/h1-8,15,23H. The van der Waals surface area contributed by atoms with Crippen LogP contribution in [0.5, 0.6) is 0 Å². The molecule has 1 aliphatic rings. The first kappa shape index (κ1) is 14.5. The number of nitrogens with zero attached hydrogens (tertiary/aromatic N) is 2. The minimum atomic E-state index is -0.672. The highest BCUT2D eigenvalue weighted by Gasteiger charge is 2.32. The van der Waals surface area contributed by atoms with Gasteiger partial charge >= 0.3 is 0 Å². The topological polar surface area (TPSA) is 37.8 Å². The van der Waals surface area contributed by atoms with Crippen molar-refractivity contribution in [3.05, 3.63) is 75.4 Å². The third kappa shape index (κ3) is 2.28. The van der Waals surface area contributed by atoms with Crippen molar-refractivity contribution < 1.29 is 8.78 Å². The number of anilines is 1. The Labute approximate surface area is 144 Å². The fraction of sp³-hybridized carbons (Fsp3) is 0.0588. The predicted molar refractivity (Wildman–Crippen MR) is 92.0 cm³/mol. The summed E-state index contributed by atoms with van der Waals surface area (Å²) in [6.07, 6.45) is 2.83. The van der Waals surface area contributed by atoms with Crippen LogP contribution in [-0.4, -0.2) is 9.97 Å². The second-order valence-electron chi connectivity index (χ2n) is 5.18. The summed E-state index contributed by atoms with van der Waals surface area (Å²) >= 11 is 2.04. The zero-order valence-electron chi connectivity index (χ0n) is 11.7. The third-order valence-electron chi connectivity index (χ3n) is 3.92. The van der Waals surface area contributed by atoms with E-state index >= 15 is 0 Å². The summed E-state index contributed by atoms with van der Waals surface area (Å²) in [5.74, 6) is -1.21. The van der Waals surface area contributed by atoms with E-state index in [0.717, 1.165) is 16.8 Å². The molecule has 1 aliphatic heterocycles. The van der Waals surface area contributed by atoms with Crippen molar-refractivity contribution in [2.24, 2.45) is 0 Å². The van der Waals surface area contributed by atoms with E-state index in [0.29, 0.717) is 14.7 Å². The minimum Gasteiger partial charge on any atom is -0.373 e. The highest BCUT2D eigenvalue weighted by Crippen LogP contribution is 2.44. The van der Waals surface area contributed by atoms with E-state index in [1.165, 1.54) is 12.4 Å². The number of hydrogen-bond acceptors (Lipinski definition) is 3. The fourth-order valence-corrected chi connectivity index (χ4v) is 3.62. The monoisotopic (exact) mass is 421 g/mol. The summed E-state index contributed by atoms with van der Waals surface area (Å²) in [4.78, 5) is 7.47. The molecule has 23 heavy (non-hydrogen) atoms. The molecule has 0 aliphatic carbocycles. The molecular weight excluding hydrogens is 411 g/mol. The van der Waals surface area contributed by atoms with Crippen LogP contribution in [0.4, 0.5) is 14.5 Å². The maximum absolute atomic E-state index is 14.5. The normalized spacial score (nSPS) is 15.5. The van der Waals surface area contributed by atoms with Gasteiger partial charge in [-0.2, -0.15) is 8.78 Å². The van der Waals surface area contributed by atoms with E-state index in [4.69, 9.17) is 0 Å². The number of pyridine rings is 2. The lowest BCUT2D eigenvalue weighted by atomic mass is 9.88. The average molecular weight is 421 g/mol. The maximum Gasteiger partial charge on any atom is 0.219 e. The van der Waals surface area contributed by atoms with Crippen molar-refractivity contribution in [3.8, 4) is 11.1 Å². The van der Waals surface area contributed by atoms with Gasteiger partial charge in [0.05, 0.1) is 6.04 Å². The largest absolute Gasteiger partial charge is 0.373 e. The first-order valence-corrected chi connectivity index (χ1v) is 8.05. The second kappa shape index (κ2) is 5.52. The number of hydrogen-bond donors (Lipinski definition) is 1. The van der Waals surface area contributed by atoms with Gasteiger partial charge in [0.25, 0.3) is 0 Å². The van der Waals surface area contributed by atoms with Crippen LogP contribution in [0.25, 0.3) is 11.1 Å². The number of aromatic nitrogens is 2. The van der Waals surface area contributed by atoms with Crippen molar-refractivity contribution in [2.75, 3.05) is 5.32 Å². The second-order valence-corrected chi connectivity index (χ2v) is 6.35. The summed E-state index contributed by atoms with van der Waals surface area (Å²) in [7, 11) is 0. The quantitative estimate of drug-likeness (QED) is 0.463. The molecule has 1 aromatic carbocycles. The van der Waals surface area contributed by atoms with Gasteiger partial charge < -0.3 is 5.32 Å². The third-order valence-corrected chi connectivity index (χ3v) is 4.86. The van der Waals surface area contributed by atoms with Gasteiger partial charge in [-0.1, -0.05) is 18.2 Å². The Kier molecular flexibility index (Phi) is 3.48. The molecule has 6 heteroatoms. The number of nitrogens with one attached hydrogen (secondary N) is 1. The number of fused-ring (bicyclic) bond motifs is 3. The van der Waals surface area contributed by atoms with Crippen LogP contribution in [0.15, 0.2) is 48.8 Å². The van der Waals surface area contributed by atoms with Crippen LogP contribution in [-0.2, 0) is 0 Å². The molecule has 0 saturated carbocycles. The van der Waals surface area contributed by atoms with E-state index in [-0.39, 0.29) is 0 Å². The number of benzene rings is 1. The molecule has 1 atom stereocenters. The van der Waals surface area contributed by atoms with Crippen molar-refractivity contribution >= 4 is 28.3 Å². The van der Waals surface area contributed by atoms with Crippen molar-refractivity contribution in [2.45, 2.75) is 6.04 Å². The Morgan fingerprint density at radius 1 is 0.870 bits per heavy atom. The van der Waals surface area contributed by atoms with E-state index in [1.807, 2.05) is 46.9 Å². The van der Waals surface area contributed by atoms with E-state index in [1.54, 1.807) is 12.1 Å². The first-order chi connectivity index (χ1) is 11.2. The van der Waals surface area contributed by atoms with Crippen LogP contribution in [0.2, 0.25) is 0 Å². The molecule has 0 saturated heterocycles. The molecule has 0 radical (unpaired) electrons. The molecule has 0 spiro atoms. The number of halogens is 3. The van der Waals surface area contributed by atoms with Crippen LogP contribution in [0.3, 0.4) is 0 Å². The molecule has 0 bridgehead atoms. The highest BCUT2D eigenvalue weighted by atomic mass is 127. The lowest BCUT2D eigenvalue weighted by molar-refractivity contribution is 0.539. The zero-order chi connectivity index (χ0) is 16.0. The Morgan fingerprint density at radius 2 is 1.57 bits per heavy atom. The van der Waals surface area contributed by atoms with Gasteiger partial charge in [-0.25, -0.2) is 9.97 Å². The summed E-state index contributed by atoms with van der Waals surface area (Å²) in [6, 6.07) is 10.4. The highest BCUT2D eigenvalue weighted by molar-refractivity contribution is 14.1. The molecule has 3 nitrogen and oxygen atoms in total. The predicted octanol–water partition coefficient (Wildman–Crippen LogP) is 4.54. The zero-order valence-corrected chi connectivity index (χ0v) is 13.9. The molecule has 1 N–H and O–H groups in total. The average Bonchev–Trinajstić information content (AvgIpc) is 2.55. The SMILES string of the molecule is Fc1nccc(I)c1C1Nc2ccccc2-c2ccnc(F)c21. The first-order valence-electron chi connectivity index (χ1n) is 6.97. The van der Waals surface area contributed by atoms with Crippen molar-refractivity contribution in [1.82, 2.24) is 9.97 Å². The van der Waals surface area contributed by atoms with Gasteiger partial charge in [0.1, 0.15) is 0 Å². The van der Waals surface area contributed by atoms with E-state index < -0.39 is 17.9 Å². The molecule has 1 unspecified atom stereocenters. The lowest BCUT2D eigenvalue weighted by Crippen LogP contribution is -2.22. The van der Waals surface area contributed by atoms with Gasteiger partial charge in [0.15, 0.2) is 0 Å². The molecule has 114 valence electrons. The lowest BCUT2D eigenvalue weighted by Gasteiger charge is -2.30. The van der Waals surface area contributed by atoms with Crippen LogP contribution >= 0.6 is 22.6 Å². The Morgan fingerprint density at radius 3 is 2.35 bits per heavy atom. The van der Waals surface area contributed by atoms with Gasteiger partial charge in [0.2, 0.25) is 11.9 Å². The van der Waals surface area contributed by atoms with Crippen LogP contribution in [0, 0.1) is 15.5 Å². The smallest absolute Gasteiger partial charge is 0.219 e. The summed E-state index contributed by atoms with van der Waals surface area (Å²) in [6.45, 7) is 0. The maximum atomic E-state index is 14.5. The number of rotatable bonds is 1.